The number of aromatic nitrogens is 1. The van der Waals surface area contributed by atoms with Crippen LogP contribution in [-0.4, -0.2) is 23.4 Å². The predicted octanol–water partition coefficient (Wildman–Crippen LogP) is 2.67. The van der Waals surface area contributed by atoms with Crippen molar-refractivity contribution in [1.29, 1.82) is 0 Å². The van der Waals surface area contributed by atoms with Crippen LogP contribution in [0.4, 0.5) is 0 Å². The lowest BCUT2D eigenvalue weighted by molar-refractivity contribution is 0.0896. The van der Waals surface area contributed by atoms with E-state index in [1.165, 1.54) is 5.56 Å². The summed E-state index contributed by atoms with van der Waals surface area (Å²) in [4.78, 5) is 12.7. The highest BCUT2D eigenvalue weighted by atomic mass is 16.1. The van der Waals surface area contributed by atoms with Crippen LogP contribution in [0.3, 0.4) is 0 Å². The quantitative estimate of drug-likeness (QED) is 0.838. The monoisotopic (exact) mass is 256 g/mol. The topological polar surface area (TPSA) is 34.0 Å². The van der Waals surface area contributed by atoms with Gasteiger partial charge < -0.3 is 9.88 Å². The van der Waals surface area contributed by atoms with E-state index in [1.807, 2.05) is 13.2 Å². The van der Waals surface area contributed by atoms with E-state index in [-0.39, 0.29) is 5.92 Å². The number of Topliss-reactive ketones (excluding diaryl/α,β-unsaturated/α-hetero) is 1. The summed E-state index contributed by atoms with van der Waals surface area (Å²) in [6, 6.07) is 6.31. The van der Waals surface area contributed by atoms with Crippen LogP contribution >= 0.6 is 0 Å². The number of nitrogens with zero attached hydrogens (tertiary/aromatic N) is 1. The van der Waals surface area contributed by atoms with Crippen molar-refractivity contribution in [2.45, 2.75) is 19.8 Å². The first-order valence-electron chi connectivity index (χ1n) is 6.97. The Bertz CT molecular complexity index is 621. The van der Waals surface area contributed by atoms with Crippen LogP contribution in [0.25, 0.3) is 10.9 Å². The standard InChI is InChI=1S/C16H20N2O/c1-11-3-4-13-14(10-18(2)15(13)9-11)16(19)12-5-7-17-8-6-12/h3-4,9-10,12,17H,5-8H2,1-2H3. The van der Waals surface area contributed by atoms with E-state index in [0.717, 1.165) is 42.4 Å². The largest absolute Gasteiger partial charge is 0.350 e. The van der Waals surface area contributed by atoms with Crippen LogP contribution in [0.5, 0.6) is 0 Å². The average molecular weight is 256 g/mol. The Morgan fingerprint density at radius 2 is 2.05 bits per heavy atom. The first-order valence-corrected chi connectivity index (χ1v) is 6.97. The van der Waals surface area contributed by atoms with Crippen LogP contribution in [0.1, 0.15) is 28.8 Å². The summed E-state index contributed by atoms with van der Waals surface area (Å²) in [5, 5.41) is 4.41. The van der Waals surface area contributed by atoms with Crippen LogP contribution in [0, 0.1) is 12.8 Å². The fraction of sp³-hybridized carbons (Fsp3) is 0.438. The Hall–Kier alpha value is -1.61. The number of piperidine rings is 1. The maximum Gasteiger partial charge on any atom is 0.168 e. The van der Waals surface area contributed by atoms with Crippen molar-refractivity contribution < 1.29 is 4.79 Å². The molecule has 1 fully saturated rings. The molecule has 1 aromatic heterocycles. The summed E-state index contributed by atoms with van der Waals surface area (Å²) in [6.45, 7) is 4.00. The summed E-state index contributed by atoms with van der Waals surface area (Å²) < 4.78 is 2.07. The van der Waals surface area contributed by atoms with Crippen LogP contribution in [0.15, 0.2) is 24.4 Å². The minimum Gasteiger partial charge on any atom is -0.350 e. The number of carbonyl (C=O) groups excluding carboxylic acids is 1. The summed E-state index contributed by atoms with van der Waals surface area (Å²) in [5.74, 6) is 0.504. The van der Waals surface area contributed by atoms with Gasteiger partial charge in [0.25, 0.3) is 0 Å². The van der Waals surface area contributed by atoms with Crippen molar-refractivity contribution in [3.8, 4) is 0 Å². The molecule has 0 radical (unpaired) electrons. The SMILES string of the molecule is Cc1ccc2c(C(=O)C3CCNCC3)cn(C)c2c1. The highest BCUT2D eigenvalue weighted by Gasteiger charge is 2.24. The molecule has 3 rings (SSSR count). The zero-order valence-corrected chi connectivity index (χ0v) is 11.6. The Balaban J connectivity index is 2.02. The third-order valence-electron chi connectivity index (χ3n) is 4.12. The van der Waals surface area contributed by atoms with E-state index in [4.69, 9.17) is 0 Å². The highest BCUT2D eigenvalue weighted by Crippen LogP contribution is 2.26. The van der Waals surface area contributed by atoms with Crippen molar-refractivity contribution in [1.82, 2.24) is 9.88 Å². The first-order chi connectivity index (χ1) is 9.16. The third-order valence-corrected chi connectivity index (χ3v) is 4.12. The molecule has 0 saturated carbocycles. The van der Waals surface area contributed by atoms with Crippen LogP contribution < -0.4 is 5.32 Å². The Morgan fingerprint density at radius 3 is 2.79 bits per heavy atom. The molecule has 19 heavy (non-hydrogen) atoms. The van der Waals surface area contributed by atoms with Crippen molar-refractivity contribution in [3.05, 3.63) is 35.5 Å². The number of hydrogen-bond donors (Lipinski definition) is 1. The van der Waals surface area contributed by atoms with Gasteiger partial charge in [0.15, 0.2) is 5.78 Å². The number of ketones is 1. The van der Waals surface area contributed by atoms with Crippen LogP contribution in [-0.2, 0) is 7.05 Å². The fourth-order valence-electron chi connectivity index (χ4n) is 2.99. The number of aryl methyl sites for hydroxylation is 2. The van der Waals surface area contributed by atoms with E-state index in [1.54, 1.807) is 0 Å². The number of fused-ring (bicyclic) bond motifs is 1. The van der Waals surface area contributed by atoms with Gasteiger partial charge in [-0.05, 0) is 44.5 Å². The molecule has 3 nitrogen and oxygen atoms in total. The number of carbonyl (C=O) groups is 1. The minimum atomic E-state index is 0.188. The molecule has 100 valence electrons. The van der Waals surface area contributed by atoms with Gasteiger partial charge in [0.05, 0.1) is 0 Å². The van der Waals surface area contributed by atoms with Crippen LogP contribution in [0.2, 0.25) is 0 Å². The van der Waals surface area contributed by atoms with Crippen molar-refractivity contribution in [3.63, 3.8) is 0 Å². The molecule has 0 spiro atoms. The number of rotatable bonds is 2. The van der Waals surface area contributed by atoms with Gasteiger partial charge in [-0.1, -0.05) is 12.1 Å². The zero-order chi connectivity index (χ0) is 13.4. The van der Waals surface area contributed by atoms with Gasteiger partial charge in [-0.2, -0.15) is 0 Å². The van der Waals surface area contributed by atoms with Gasteiger partial charge in [-0.3, -0.25) is 4.79 Å². The highest BCUT2D eigenvalue weighted by molar-refractivity contribution is 6.09. The van der Waals surface area contributed by atoms with E-state index >= 15 is 0 Å². The fourth-order valence-corrected chi connectivity index (χ4v) is 2.99. The molecular weight excluding hydrogens is 236 g/mol. The smallest absolute Gasteiger partial charge is 0.168 e. The van der Waals surface area contributed by atoms with E-state index in [0.29, 0.717) is 5.78 Å². The number of benzene rings is 1. The maximum absolute atomic E-state index is 12.7. The van der Waals surface area contributed by atoms with Gasteiger partial charge in [-0.15, -0.1) is 0 Å². The molecule has 0 atom stereocenters. The number of hydrogen-bond acceptors (Lipinski definition) is 2. The summed E-state index contributed by atoms with van der Waals surface area (Å²) >= 11 is 0. The van der Waals surface area contributed by atoms with Gasteiger partial charge in [0.2, 0.25) is 0 Å². The zero-order valence-electron chi connectivity index (χ0n) is 11.6. The first kappa shape index (κ1) is 12.4. The van der Waals surface area contributed by atoms with Gasteiger partial charge >= 0.3 is 0 Å². The molecule has 1 saturated heterocycles. The molecule has 2 heterocycles. The second-order valence-electron chi connectivity index (χ2n) is 5.56. The van der Waals surface area contributed by atoms with Gasteiger partial charge in [-0.25, -0.2) is 0 Å². The Labute approximate surface area is 113 Å². The summed E-state index contributed by atoms with van der Waals surface area (Å²) in [6.07, 6.45) is 3.91. The maximum atomic E-state index is 12.7. The molecule has 1 N–H and O–H groups in total. The van der Waals surface area contributed by atoms with E-state index < -0.39 is 0 Å². The molecule has 0 bridgehead atoms. The molecule has 3 heteroatoms. The van der Waals surface area contributed by atoms with Gasteiger partial charge in [0, 0.05) is 35.6 Å². The molecule has 2 aromatic rings. The Kier molecular flexibility index (Phi) is 3.15. The minimum absolute atomic E-state index is 0.188. The van der Waals surface area contributed by atoms with E-state index in [9.17, 15) is 4.79 Å². The second kappa shape index (κ2) is 4.82. The number of nitrogens with one attached hydrogen (secondary N) is 1. The molecule has 0 amide bonds. The normalized spacial score (nSPS) is 16.9. The summed E-state index contributed by atoms with van der Waals surface area (Å²) in [7, 11) is 2.01. The third kappa shape index (κ3) is 2.19. The van der Waals surface area contributed by atoms with Crippen molar-refractivity contribution >= 4 is 16.7 Å². The lowest BCUT2D eigenvalue weighted by atomic mass is 9.89. The van der Waals surface area contributed by atoms with Crippen molar-refractivity contribution in [2.75, 3.05) is 13.1 Å². The molecule has 1 aliphatic heterocycles. The molecule has 0 unspecified atom stereocenters. The van der Waals surface area contributed by atoms with E-state index in [2.05, 4.69) is 35.0 Å². The average Bonchev–Trinajstić information content (AvgIpc) is 2.76. The molecule has 0 aliphatic carbocycles. The van der Waals surface area contributed by atoms with Crippen molar-refractivity contribution in [2.24, 2.45) is 13.0 Å². The second-order valence-corrected chi connectivity index (χ2v) is 5.56. The predicted molar refractivity (Wildman–Crippen MR) is 77.6 cm³/mol. The molecule has 1 aromatic carbocycles. The molecule has 1 aliphatic rings. The van der Waals surface area contributed by atoms with Gasteiger partial charge in [0.1, 0.15) is 0 Å². The summed E-state index contributed by atoms with van der Waals surface area (Å²) in [5.41, 5.74) is 3.27. The lowest BCUT2D eigenvalue weighted by Crippen LogP contribution is -2.31. The molecular formula is C16H20N2O. The lowest BCUT2D eigenvalue weighted by Gasteiger charge is -2.21. The Morgan fingerprint density at radius 1 is 1.32 bits per heavy atom.